The molecule has 1 atom stereocenters. The molecule has 1 fully saturated rings. The summed E-state index contributed by atoms with van der Waals surface area (Å²) in [4.78, 5) is 23.2. The summed E-state index contributed by atoms with van der Waals surface area (Å²) in [7, 11) is 0. The number of carbonyl (C=O) groups excluding carboxylic acids is 1. The molecular formula is C20H22NO4S+. The quantitative estimate of drug-likeness (QED) is 0.555. The minimum atomic E-state index is -0.829. The summed E-state index contributed by atoms with van der Waals surface area (Å²) in [5.41, 5.74) is 1.04. The van der Waals surface area contributed by atoms with Gasteiger partial charge in [-0.1, -0.05) is 18.2 Å². The summed E-state index contributed by atoms with van der Waals surface area (Å²) in [5.74, 6) is 1.33. The van der Waals surface area contributed by atoms with Gasteiger partial charge in [0.1, 0.15) is 18.0 Å². The number of ether oxygens (including phenoxy) is 1. The molecule has 1 heterocycles. The highest BCUT2D eigenvalue weighted by Gasteiger charge is 2.43. The number of hydrogen-bond donors (Lipinski definition) is 1. The van der Waals surface area contributed by atoms with Crippen molar-refractivity contribution in [2.75, 3.05) is 12.3 Å². The first-order valence-electron chi connectivity index (χ1n) is 8.66. The number of para-hydroxylation sites is 1. The Morgan fingerprint density at radius 3 is 2.38 bits per heavy atom. The number of carboxylic acids is 1. The van der Waals surface area contributed by atoms with Crippen LogP contribution in [0.1, 0.15) is 24.8 Å². The third kappa shape index (κ3) is 4.65. The van der Waals surface area contributed by atoms with Crippen molar-refractivity contribution < 1.29 is 23.3 Å². The maximum Gasteiger partial charge on any atom is 0.325 e. The average molecular weight is 372 g/mol. The van der Waals surface area contributed by atoms with Crippen LogP contribution >= 0.6 is 11.9 Å². The van der Waals surface area contributed by atoms with Crippen molar-refractivity contribution in [3.63, 3.8) is 0 Å². The molecule has 0 spiro atoms. The van der Waals surface area contributed by atoms with Gasteiger partial charge in [-0.25, -0.2) is 4.79 Å². The second kappa shape index (κ2) is 8.38. The van der Waals surface area contributed by atoms with Crippen LogP contribution in [0.3, 0.4) is 0 Å². The fraction of sp³-hybridized carbons (Fsp3) is 0.300. The number of nitrogens with zero attached hydrogens (tertiary/aromatic N) is 1. The molecule has 1 aliphatic heterocycles. The third-order valence-corrected chi connectivity index (χ3v) is 5.76. The average Bonchev–Trinajstić information content (AvgIpc) is 2.98. The fourth-order valence-electron chi connectivity index (χ4n) is 3.05. The first-order chi connectivity index (χ1) is 12.6. The van der Waals surface area contributed by atoms with E-state index < -0.39 is 5.97 Å². The van der Waals surface area contributed by atoms with Gasteiger partial charge in [0.15, 0.2) is 0 Å². The van der Waals surface area contributed by atoms with Gasteiger partial charge in [0, 0.05) is 12.0 Å². The summed E-state index contributed by atoms with van der Waals surface area (Å²) in [6.07, 6.45) is 1.49. The predicted octanol–water partition coefficient (Wildman–Crippen LogP) is 4.24. The number of carboxylic acid groups (broad SMARTS) is 1. The van der Waals surface area contributed by atoms with Crippen LogP contribution in [0.2, 0.25) is 0 Å². The first-order valence-corrected chi connectivity index (χ1v) is 9.60. The Labute approximate surface area is 157 Å². The van der Waals surface area contributed by atoms with Crippen molar-refractivity contribution in [1.29, 1.82) is 0 Å². The minimum Gasteiger partial charge on any atom is -0.481 e. The molecule has 1 amide bonds. The molecule has 26 heavy (non-hydrogen) atoms. The smallest absolute Gasteiger partial charge is 0.325 e. The zero-order chi connectivity index (χ0) is 18.4. The maximum absolute atomic E-state index is 12.5. The Morgan fingerprint density at radius 1 is 1.08 bits per heavy atom. The van der Waals surface area contributed by atoms with Crippen molar-refractivity contribution >= 4 is 23.8 Å². The number of likely N-dealkylation sites (tertiary alicyclic amines) is 1. The van der Waals surface area contributed by atoms with Gasteiger partial charge in [-0.3, -0.25) is 4.79 Å². The van der Waals surface area contributed by atoms with Crippen LogP contribution in [0.25, 0.3) is 0 Å². The second-order valence-corrected chi connectivity index (χ2v) is 7.67. The first kappa shape index (κ1) is 18.5. The Hall–Kier alpha value is -2.31. The van der Waals surface area contributed by atoms with Crippen LogP contribution in [0.15, 0.2) is 54.6 Å². The Bertz CT molecular complexity index is 763. The molecule has 0 aliphatic carbocycles. The van der Waals surface area contributed by atoms with E-state index in [9.17, 15) is 9.59 Å². The lowest BCUT2D eigenvalue weighted by Gasteiger charge is -2.28. The van der Waals surface area contributed by atoms with Gasteiger partial charge in [0.25, 0.3) is 0 Å². The van der Waals surface area contributed by atoms with Gasteiger partial charge in [0.2, 0.25) is 0 Å². The number of hydrogen-bond acceptors (Lipinski definition) is 4. The maximum atomic E-state index is 12.5. The number of quaternary nitrogens is 1. The van der Waals surface area contributed by atoms with Crippen LogP contribution in [0.4, 0.5) is 0 Å². The molecule has 2 aromatic carbocycles. The van der Waals surface area contributed by atoms with Crippen LogP contribution in [-0.4, -0.2) is 33.2 Å². The highest BCUT2D eigenvalue weighted by molar-refractivity contribution is 7.94. The molecule has 0 radical (unpaired) electrons. The molecule has 1 N–H and O–H groups in total. The number of carbonyl (C=O) groups is 2. The number of amides is 1. The van der Waals surface area contributed by atoms with E-state index >= 15 is 0 Å². The van der Waals surface area contributed by atoms with E-state index in [0.29, 0.717) is 18.7 Å². The molecule has 0 bridgehead atoms. The Kier molecular flexibility index (Phi) is 5.96. The Morgan fingerprint density at radius 2 is 1.77 bits per heavy atom. The van der Waals surface area contributed by atoms with E-state index in [2.05, 4.69) is 0 Å². The minimum absolute atomic E-state index is 0.0712. The molecule has 3 rings (SSSR count). The van der Waals surface area contributed by atoms with Crippen molar-refractivity contribution in [2.24, 2.45) is 0 Å². The van der Waals surface area contributed by atoms with Crippen molar-refractivity contribution in [1.82, 2.24) is 0 Å². The summed E-state index contributed by atoms with van der Waals surface area (Å²) in [5, 5.41) is 8.86. The van der Waals surface area contributed by atoms with Gasteiger partial charge >= 0.3 is 11.9 Å². The molecule has 0 saturated carbocycles. The van der Waals surface area contributed by atoms with Crippen LogP contribution < -0.4 is 4.74 Å². The topological polar surface area (TPSA) is 63.6 Å². The van der Waals surface area contributed by atoms with E-state index in [4.69, 9.17) is 9.84 Å². The van der Waals surface area contributed by atoms with Gasteiger partial charge in [-0.2, -0.15) is 3.89 Å². The van der Waals surface area contributed by atoms with Crippen LogP contribution in [-0.2, 0) is 16.1 Å². The normalized spacial score (nSPS) is 19.5. The molecule has 2 aromatic rings. The summed E-state index contributed by atoms with van der Waals surface area (Å²) in [6, 6.07) is 17.3. The predicted molar refractivity (Wildman–Crippen MR) is 101 cm³/mol. The van der Waals surface area contributed by atoms with E-state index in [1.807, 2.05) is 54.6 Å². The zero-order valence-electron chi connectivity index (χ0n) is 14.5. The molecule has 1 aliphatic rings. The molecule has 0 aromatic heterocycles. The zero-order valence-corrected chi connectivity index (χ0v) is 15.3. The lowest BCUT2D eigenvalue weighted by Crippen LogP contribution is -2.41. The molecule has 5 nitrogen and oxygen atoms in total. The van der Waals surface area contributed by atoms with Gasteiger partial charge in [0.05, 0.1) is 37.1 Å². The molecule has 1 unspecified atom stereocenters. The van der Waals surface area contributed by atoms with Crippen molar-refractivity contribution in [2.45, 2.75) is 25.8 Å². The van der Waals surface area contributed by atoms with Gasteiger partial charge < -0.3 is 9.84 Å². The molecule has 6 heteroatoms. The van der Waals surface area contributed by atoms with Crippen LogP contribution in [0, 0.1) is 0 Å². The number of rotatable bonds is 8. The largest absolute Gasteiger partial charge is 0.481 e. The Balaban J connectivity index is 1.67. The van der Waals surface area contributed by atoms with Crippen molar-refractivity contribution in [3.05, 3.63) is 60.2 Å². The summed E-state index contributed by atoms with van der Waals surface area (Å²) < 4.78 is 6.08. The molecular weight excluding hydrogens is 350 g/mol. The summed E-state index contributed by atoms with van der Waals surface area (Å²) >= 11 is 1.45. The number of benzene rings is 2. The van der Waals surface area contributed by atoms with E-state index in [1.165, 1.54) is 11.9 Å². The van der Waals surface area contributed by atoms with E-state index in [-0.39, 0.29) is 16.2 Å². The lowest BCUT2D eigenvalue weighted by molar-refractivity contribution is -0.721. The third-order valence-electron chi connectivity index (χ3n) is 4.36. The second-order valence-electron chi connectivity index (χ2n) is 6.30. The highest BCUT2D eigenvalue weighted by Crippen LogP contribution is 2.35. The standard InChI is InChI=1S/C20H21NO4S/c22-19-7-4-13-21(19,26-14-12-20(23)24)15-16-8-10-18(11-9-16)25-17-5-2-1-3-6-17/h1-3,5-6,8-11H,4,7,12-15H2/p+1. The monoisotopic (exact) mass is 372 g/mol. The number of aliphatic carboxylic acids is 1. The van der Waals surface area contributed by atoms with Gasteiger partial charge in [-0.15, -0.1) is 0 Å². The summed E-state index contributed by atoms with van der Waals surface area (Å²) in [6.45, 7) is 1.33. The van der Waals surface area contributed by atoms with Crippen molar-refractivity contribution in [3.8, 4) is 11.5 Å². The van der Waals surface area contributed by atoms with Gasteiger partial charge in [-0.05, 0) is 36.4 Å². The SMILES string of the molecule is O=C(O)CCS[N+]1(Cc2ccc(Oc3ccccc3)cc2)CCCC1=O. The fourth-order valence-corrected chi connectivity index (χ4v) is 4.40. The van der Waals surface area contributed by atoms with E-state index in [1.54, 1.807) is 0 Å². The van der Waals surface area contributed by atoms with E-state index in [0.717, 1.165) is 30.0 Å². The highest BCUT2D eigenvalue weighted by atomic mass is 32.2. The van der Waals surface area contributed by atoms with Crippen LogP contribution in [0.5, 0.6) is 11.5 Å². The lowest BCUT2D eigenvalue weighted by atomic mass is 10.2. The molecule has 1 saturated heterocycles. The molecule has 136 valence electrons.